The van der Waals surface area contributed by atoms with Crippen LogP contribution in [0.25, 0.3) is 0 Å². The van der Waals surface area contributed by atoms with Crippen molar-refractivity contribution in [2.24, 2.45) is 11.5 Å². The maximum absolute atomic E-state index is 13.3. The van der Waals surface area contributed by atoms with E-state index in [0.717, 1.165) is 70.6 Å². The standard InChI is InChI=1S/C54H97N7O7/c1-3-5-7-9-11-13-15-17-19-21-23-25-27-29-31-33-42-57-49(62)38-37-48(54(67)59-43-34-32-30-28-26-24-22-20-18-16-14-12-10-8-6-4-2)61-50(63)39-40-52(65)68-45-44-58-51(64)46-60-53(66)47(56)36-35-41-55/h11-14,17-20,47-48H,3-10,15-16,21-46,55-56H2,1-2H3,(H,57,62)(H,58,64)(H,59,67)(H,60,66)(H,61,63)/b13-11-,14-12-,19-17-,20-18-. The summed E-state index contributed by atoms with van der Waals surface area (Å²) in [5, 5.41) is 13.6. The number of amides is 5. The van der Waals surface area contributed by atoms with Crippen LogP contribution in [0.1, 0.15) is 206 Å². The molecule has 0 fully saturated rings. The zero-order valence-corrected chi connectivity index (χ0v) is 42.7. The van der Waals surface area contributed by atoms with Crippen molar-refractivity contribution in [2.75, 3.05) is 39.3 Å². The summed E-state index contributed by atoms with van der Waals surface area (Å²) in [5.74, 6) is -2.60. The molecule has 5 amide bonds. The number of esters is 1. The van der Waals surface area contributed by atoms with E-state index in [4.69, 9.17) is 16.2 Å². The minimum Gasteiger partial charge on any atom is -0.464 e. The third kappa shape index (κ3) is 44.2. The van der Waals surface area contributed by atoms with Crippen molar-refractivity contribution >= 4 is 35.5 Å². The summed E-state index contributed by atoms with van der Waals surface area (Å²) < 4.78 is 5.14. The van der Waals surface area contributed by atoms with Crippen LogP contribution in [0, 0.1) is 0 Å². The van der Waals surface area contributed by atoms with Gasteiger partial charge in [-0.05, 0) is 103 Å². The van der Waals surface area contributed by atoms with Gasteiger partial charge in [0.2, 0.25) is 29.5 Å². The fourth-order valence-electron chi connectivity index (χ4n) is 7.16. The van der Waals surface area contributed by atoms with Crippen molar-refractivity contribution in [3.8, 4) is 0 Å². The highest BCUT2D eigenvalue weighted by Gasteiger charge is 2.22. The molecule has 0 aromatic heterocycles. The maximum atomic E-state index is 13.3. The van der Waals surface area contributed by atoms with Gasteiger partial charge in [0.25, 0.3) is 0 Å². The first-order valence-corrected chi connectivity index (χ1v) is 26.7. The highest BCUT2D eigenvalue weighted by atomic mass is 16.5. The smallest absolute Gasteiger partial charge is 0.306 e. The van der Waals surface area contributed by atoms with E-state index in [1.165, 1.54) is 83.5 Å². The van der Waals surface area contributed by atoms with Gasteiger partial charge in [-0.2, -0.15) is 0 Å². The summed E-state index contributed by atoms with van der Waals surface area (Å²) in [6, 6.07) is -1.68. The number of nitrogens with two attached hydrogens (primary N) is 2. The molecule has 0 saturated heterocycles. The van der Waals surface area contributed by atoms with Gasteiger partial charge in [0, 0.05) is 25.9 Å². The predicted octanol–water partition coefficient (Wildman–Crippen LogP) is 8.73. The first kappa shape index (κ1) is 63.7. The number of hydrogen-bond donors (Lipinski definition) is 7. The fraction of sp³-hybridized carbons (Fsp3) is 0.741. The van der Waals surface area contributed by atoms with E-state index in [9.17, 15) is 28.8 Å². The van der Waals surface area contributed by atoms with Crippen molar-refractivity contribution < 1.29 is 33.5 Å². The van der Waals surface area contributed by atoms with Crippen molar-refractivity contribution in [2.45, 2.75) is 219 Å². The fourth-order valence-corrected chi connectivity index (χ4v) is 7.16. The molecule has 0 saturated carbocycles. The molecule has 0 spiro atoms. The first-order chi connectivity index (χ1) is 33.1. The minimum absolute atomic E-state index is 0.0152. The molecule has 68 heavy (non-hydrogen) atoms. The minimum atomic E-state index is -0.929. The lowest BCUT2D eigenvalue weighted by Gasteiger charge is -2.18. The highest BCUT2D eigenvalue weighted by Crippen LogP contribution is 2.10. The Kier molecular flexibility index (Phi) is 46.0. The summed E-state index contributed by atoms with van der Waals surface area (Å²) in [4.78, 5) is 75.3. The second kappa shape index (κ2) is 49.1. The molecule has 390 valence electrons. The van der Waals surface area contributed by atoms with E-state index < -0.39 is 35.8 Å². The van der Waals surface area contributed by atoms with Gasteiger partial charge in [0.05, 0.1) is 25.6 Å². The first-order valence-electron chi connectivity index (χ1n) is 26.7. The van der Waals surface area contributed by atoms with Gasteiger partial charge < -0.3 is 42.8 Å². The van der Waals surface area contributed by atoms with Crippen molar-refractivity contribution in [1.29, 1.82) is 0 Å². The summed E-state index contributed by atoms with van der Waals surface area (Å²) in [6.07, 6.45) is 46.2. The van der Waals surface area contributed by atoms with Gasteiger partial charge in [0.1, 0.15) is 12.6 Å². The highest BCUT2D eigenvalue weighted by molar-refractivity contribution is 5.89. The molecule has 0 aromatic rings. The van der Waals surface area contributed by atoms with Crippen molar-refractivity contribution in [1.82, 2.24) is 26.6 Å². The lowest BCUT2D eigenvalue weighted by molar-refractivity contribution is -0.145. The number of ether oxygens (including phenoxy) is 1. The Morgan fingerprint density at radius 3 is 1.49 bits per heavy atom. The van der Waals surface area contributed by atoms with E-state index >= 15 is 0 Å². The number of carbonyl (C=O) groups is 6. The Morgan fingerprint density at radius 1 is 0.471 bits per heavy atom. The number of allylic oxidation sites excluding steroid dienone is 8. The lowest BCUT2D eigenvalue weighted by Crippen LogP contribution is -2.47. The molecule has 2 atom stereocenters. The van der Waals surface area contributed by atoms with Crippen LogP contribution < -0.4 is 38.1 Å². The molecule has 0 aliphatic rings. The third-order valence-corrected chi connectivity index (χ3v) is 11.4. The molecule has 2 unspecified atom stereocenters. The SMILES string of the molecule is CCCCC/C=C\C/C=C\CCCCCCCCNC(=O)CCC(NC(=O)CCC(=O)OCCNC(=O)CNC(=O)C(N)CCCN)C(=O)NCCCCCCCC/C=C\C/C=C\CCCCC. The van der Waals surface area contributed by atoms with Crippen LogP contribution in [0.2, 0.25) is 0 Å². The zero-order valence-electron chi connectivity index (χ0n) is 42.7. The molecule has 0 aliphatic heterocycles. The number of rotatable bonds is 47. The van der Waals surface area contributed by atoms with Crippen molar-refractivity contribution in [3.05, 3.63) is 48.6 Å². The van der Waals surface area contributed by atoms with E-state index in [1.54, 1.807) is 0 Å². The summed E-state index contributed by atoms with van der Waals surface area (Å²) in [6.45, 7) is 5.52. The van der Waals surface area contributed by atoms with Gasteiger partial charge >= 0.3 is 5.97 Å². The van der Waals surface area contributed by atoms with Gasteiger partial charge in [-0.15, -0.1) is 0 Å². The monoisotopic (exact) mass is 956 g/mol. The molecule has 14 nitrogen and oxygen atoms in total. The number of carbonyl (C=O) groups excluding carboxylic acids is 6. The van der Waals surface area contributed by atoms with Gasteiger partial charge in [-0.3, -0.25) is 28.8 Å². The summed E-state index contributed by atoms with van der Waals surface area (Å²) in [5.41, 5.74) is 11.2. The van der Waals surface area contributed by atoms with Crippen LogP contribution >= 0.6 is 0 Å². The second-order valence-electron chi connectivity index (χ2n) is 17.8. The lowest BCUT2D eigenvalue weighted by atomic mass is 10.1. The van der Waals surface area contributed by atoms with E-state index in [-0.39, 0.29) is 57.2 Å². The molecule has 9 N–H and O–H groups in total. The summed E-state index contributed by atoms with van der Waals surface area (Å²) in [7, 11) is 0. The van der Waals surface area contributed by atoms with E-state index in [2.05, 4.69) is 89.0 Å². The Morgan fingerprint density at radius 2 is 0.956 bits per heavy atom. The number of unbranched alkanes of at least 4 members (excludes halogenated alkanes) is 18. The molecule has 0 aromatic carbocycles. The van der Waals surface area contributed by atoms with Gasteiger partial charge in [-0.25, -0.2) is 0 Å². The number of nitrogens with one attached hydrogen (secondary N) is 5. The van der Waals surface area contributed by atoms with Gasteiger partial charge in [-0.1, -0.05) is 140 Å². The van der Waals surface area contributed by atoms with E-state index in [0.29, 0.717) is 32.5 Å². The van der Waals surface area contributed by atoms with Gasteiger partial charge in [0.15, 0.2) is 0 Å². The average molecular weight is 956 g/mol. The van der Waals surface area contributed by atoms with Crippen LogP contribution in [0.3, 0.4) is 0 Å². The average Bonchev–Trinajstić information content (AvgIpc) is 3.33. The van der Waals surface area contributed by atoms with Crippen LogP contribution in [0.15, 0.2) is 48.6 Å². The topological polar surface area (TPSA) is 224 Å². The molecule has 0 rings (SSSR count). The molecule has 0 heterocycles. The quantitative estimate of drug-likeness (QED) is 0.0176. The molecule has 14 heteroatoms. The zero-order chi connectivity index (χ0) is 50.0. The normalized spacial score (nSPS) is 12.5. The van der Waals surface area contributed by atoms with Crippen LogP contribution in [-0.4, -0.2) is 86.9 Å². The Balaban J connectivity index is 4.63. The Labute approximate surface area is 412 Å². The molecule has 0 aliphatic carbocycles. The number of hydrogen-bond acceptors (Lipinski definition) is 9. The maximum Gasteiger partial charge on any atom is 0.306 e. The van der Waals surface area contributed by atoms with Crippen molar-refractivity contribution in [3.63, 3.8) is 0 Å². The van der Waals surface area contributed by atoms with Crippen LogP contribution in [-0.2, 0) is 33.5 Å². The summed E-state index contributed by atoms with van der Waals surface area (Å²) >= 11 is 0. The third-order valence-electron chi connectivity index (χ3n) is 11.4. The van der Waals surface area contributed by atoms with Crippen LogP contribution in [0.5, 0.6) is 0 Å². The molecule has 0 radical (unpaired) electrons. The Bertz CT molecular complexity index is 1420. The molecular formula is C54H97N7O7. The second-order valence-corrected chi connectivity index (χ2v) is 17.8. The Hall–Kier alpha value is -4.30. The molecule has 0 bridgehead atoms. The predicted molar refractivity (Wildman–Crippen MR) is 278 cm³/mol. The molecular weight excluding hydrogens is 859 g/mol. The largest absolute Gasteiger partial charge is 0.464 e. The van der Waals surface area contributed by atoms with Crippen LogP contribution in [0.4, 0.5) is 0 Å². The van der Waals surface area contributed by atoms with E-state index in [1.807, 2.05) is 0 Å².